The molecule has 0 saturated carbocycles. The summed E-state index contributed by atoms with van der Waals surface area (Å²) in [6.07, 6.45) is 2.67. The number of fused-ring (bicyclic) bond motifs is 1. The van der Waals surface area contributed by atoms with E-state index in [-0.39, 0.29) is 11.9 Å². The third-order valence-electron chi connectivity index (χ3n) is 6.05. The first-order valence-corrected chi connectivity index (χ1v) is 10.6. The zero-order valence-corrected chi connectivity index (χ0v) is 17.3. The van der Waals surface area contributed by atoms with Gasteiger partial charge >= 0.3 is 0 Å². The van der Waals surface area contributed by atoms with Gasteiger partial charge in [0.2, 0.25) is 5.91 Å². The van der Waals surface area contributed by atoms with Crippen molar-refractivity contribution in [3.8, 4) is 0 Å². The number of anilines is 2. The number of nitrogens with zero attached hydrogens (tertiary/aromatic N) is 4. The van der Waals surface area contributed by atoms with Crippen LogP contribution in [0.4, 0.5) is 11.5 Å². The Morgan fingerprint density at radius 1 is 1.21 bits per heavy atom. The number of piperazine rings is 1. The van der Waals surface area contributed by atoms with Crippen molar-refractivity contribution in [3.63, 3.8) is 0 Å². The predicted molar refractivity (Wildman–Crippen MR) is 115 cm³/mol. The van der Waals surface area contributed by atoms with E-state index in [0.29, 0.717) is 13.0 Å². The molecule has 0 spiro atoms. The minimum absolute atomic E-state index is 0.162. The number of amides is 1. The van der Waals surface area contributed by atoms with Gasteiger partial charge in [-0.1, -0.05) is 25.1 Å². The average Bonchev–Trinajstić information content (AvgIpc) is 3.09. The Kier molecular flexibility index (Phi) is 5.83. The molecule has 0 radical (unpaired) electrons. The Balaban J connectivity index is 1.37. The highest BCUT2D eigenvalue weighted by atomic mass is 16.3. The lowest BCUT2D eigenvalue weighted by atomic mass is 10.0. The van der Waals surface area contributed by atoms with E-state index in [1.165, 1.54) is 0 Å². The van der Waals surface area contributed by atoms with Crippen LogP contribution in [0, 0.1) is 0 Å². The van der Waals surface area contributed by atoms with Crippen molar-refractivity contribution in [2.75, 3.05) is 42.5 Å². The van der Waals surface area contributed by atoms with Crippen molar-refractivity contribution in [3.05, 3.63) is 53.7 Å². The minimum atomic E-state index is -0.520. The summed E-state index contributed by atoms with van der Waals surface area (Å²) >= 11 is 0. The van der Waals surface area contributed by atoms with E-state index in [2.05, 4.69) is 27.8 Å². The predicted octanol–water partition coefficient (Wildman–Crippen LogP) is 2.62. The van der Waals surface area contributed by atoms with Crippen LogP contribution in [0.3, 0.4) is 0 Å². The van der Waals surface area contributed by atoms with Gasteiger partial charge in [0.15, 0.2) is 0 Å². The number of carbonyl (C=O) groups is 1. The summed E-state index contributed by atoms with van der Waals surface area (Å²) in [5, 5.41) is 10.8. The van der Waals surface area contributed by atoms with Gasteiger partial charge in [-0.05, 0) is 42.7 Å². The van der Waals surface area contributed by atoms with Gasteiger partial charge in [-0.15, -0.1) is 0 Å². The molecule has 1 fully saturated rings. The smallest absolute Gasteiger partial charge is 0.226 e. The molecular formula is C23H30N4O2. The van der Waals surface area contributed by atoms with Crippen LogP contribution in [0.5, 0.6) is 0 Å². The van der Waals surface area contributed by atoms with E-state index in [1.54, 1.807) is 0 Å². The van der Waals surface area contributed by atoms with Gasteiger partial charge in [0.25, 0.3) is 0 Å². The molecule has 1 aromatic carbocycles. The van der Waals surface area contributed by atoms with Crippen LogP contribution in [0.15, 0.2) is 42.6 Å². The zero-order valence-electron chi connectivity index (χ0n) is 17.3. The Morgan fingerprint density at radius 2 is 2.00 bits per heavy atom. The van der Waals surface area contributed by atoms with Crippen LogP contribution in [-0.2, 0) is 11.2 Å². The summed E-state index contributed by atoms with van der Waals surface area (Å²) in [5.74, 6) is 1.18. The fourth-order valence-electron chi connectivity index (χ4n) is 4.46. The lowest BCUT2D eigenvalue weighted by Gasteiger charge is -2.36. The molecule has 2 aromatic rings. The van der Waals surface area contributed by atoms with Crippen molar-refractivity contribution in [2.45, 2.75) is 38.8 Å². The number of rotatable bonds is 5. The third kappa shape index (κ3) is 4.14. The number of aliphatic hydroxyl groups is 1. The normalized spacial score (nSPS) is 20.6. The SMILES string of the molecule is CCC(=O)N1c2ccc(C(O)CN3CCN(c4ccccn4)CC3)cc2CC1C. The molecule has 1 saturated heterocycles. The standard InChI is InChI=1S/C23H30N4O2/c1-3-23(29)27-17(2)14-19-15-18(7-8-20(19)27)21(28)16-25-10-12-26(13-11-25)22-6-4-5-9-24-22/h4-9,15,17,21,28H,3,10-14,16H2,1-2H3. The first-order valence-electron chi connectivity index (χ1n) is 10.6. The number of aliphatic hydroxyl groups excluding tert-OH is 1. The second-order valence-corrected chi connectivity index (χ2v) is 8.05. The van der Waals surface area contributed by atoms with E-state index >= 15 is 0 Å². The van der Waals surface area contributed by atoms with Crippen LogP contribution in [0.2, 0.25) is 0 Å². The van der Waals surface area contributed by atoms with E-state index in [0.717, 1.165) is 55.2 Å². The summed E-state index contributed by atoms with van der Waals surface area (Å²) in [7, 11) is 0. The van der Waals surface area contributed by atoms with Crippen molar-refractivity contribution in [1.29, 1.82) is 0 Å². The van der Waals surface area contributed by atoms with Gasteiger partial charge in [-0.2, -0.15) is 0 Å². The molecule has 0 aliphatic carbocycles. The van der Waals surface area contributed by atoms with Crippen LogP contribution in [-0.4, -0.2) is 59.7 Å². The highest BCUT2D eigenvalue weighted by molar-refractivity contribution is 5.96. The number of aromatic nitrogens is 1. The maximum atomic E-state index is 12.3. The molecule has 2 unspecified atom stereocenters. The third-order valence-corrected chi connectivity index (χ3v) is 6.05. The molecular weight excluding hydrogens is 364 g/mol. The highest BCUT2D eigenvalue weighted by Crippen LogP contribution is 2.34. The number of β-amino-alcohol motifs (C(OH)–C–C–N with tert-alkyl or cyclic N) is 1. The first kappa shape index (κ1) is 19.9. The summed E-state index contributed by atoms with van der Waals surface area (Å²) in [6.45, 7) is 8.27. The first-order chi connectivity index (χ1) is 14.1. The second-order valence-electron chi connectivity index (χ2n) is 8.05. The summed E-state index contributed by atoms with van der Waals surface area (Å²) in [4.78, 5) is 23.2. The number of pyridine rings is 1. The molecule has 2 aliphatic rings. The van der Waals surface area contributed by atoms with E-state index in [4.69, 9.17) is 0 Å². The summed E-state index contributed by atoms with van der Waals surface area (Å²) in [6, 6.07) is 12.2. The van der Waals surface area contributed by atoms with Crippen molar-refractivity contribution in [1.82, 2.24) is 9.88 Å². The lowest BCUT2D eigenvalue weighted by Crippen LogP contribution is -2.47. The van der Waals surface area contributed by atoms with Crippen LogP contribution in [0.25, 0.3) is 0 Å². The number of hydrogen-bond acceptors (Lipinski definition) is 5. The molecule has 0 bridgehead atoms. The van der Waals surface area contributed by atoms with E-state index in [9.17, 15) is 9.90 Å². The minimum Gasteiger partial charge on any atom is -0.387 e. The van der Waals surface area contributed by atoms with Gasteiger partial charge < -0.3 is 14.9 Å². The average molecular weight is 395 g/mol. The molecule has 29 heavy (non-hydrogen) atoms. The van der Waals surface area contributed by atoms with E-state index < -0.39 is 6.10 Å². The number of benzene rings is 1. The number of carbonyl (C=O) groups excluding carboxylic acids is 1. The summed E-state index contributed by atoms with van der Waals surface area (Å²) in [5.41, 5.74) is 3.11. The second kappa shape index (κ2) is 8.51. The molecule has 3 heterocycles. The Bertz CT molecular complexity index is 849. The highest BCUT2D eigenvalue weighted by Gasteiger charge is 2.30. The van der Waals surface area contributed by atoms with Gasteiger partial charge in [0.05, 0.1) is 6.10 Å². The Labute approximate surface area is 172 Å². The molecule has 4 rings (SSSR count). The van der Waals surface area contributed by atoms with Gasteiger partial charge in [0.1, 0.15) is 5.82 Å². The van der Waals surface area contributed by atoms with Gasteiger partial charge in [-0.3, -0.25) is 9.69 Å². The summed E-state index contributed by atoms with van der Waals surface area (Å²) < 4.78 is 0. The molecule has 1 N–H and O–H groups in total. The maximum Gasteiger partial charge on any atom is 0.226 e. The monoisotopic (exact) mass is 394 g/mol. The molecule has 154 valence electrons. The molecule has 1 amide bonds. The molecule has 6 heteroatoms. The zero-order chi connectivity index (χ0) is 20.4. The Hall–Kier alpha value is -2.44. The van der Waals surface area contributed by atoms with Crippen LogP contribution in [0.1, 0.15) is 37.5 Å². The quantitative estimate of drug-likeness (QED) is 0.845. The van der Waals surface area contributed by atoms with Gasteiger partial charge in [-0.25, -0.2) is 4.98 Å². The van der Waals surface area contributed by atoms with Crippen molar-refractivity contribution >= 4 is 17.4 Å². The van der Waals surface area contributed by atoms with Crippen LogP contribution >= 0.6 is 0 Å². The number of hydrogen-bond donors (Lipinski definition) is 1. The molecule has 2 atom stereocenters. The fourth-order valence-corrected chi connectivity index (χ4v) is 4.46. The molecule has 6 nitrogen and oxygen atoms in total. The Morgan fingerprint density at radius 3 is 2.69 bits per heavy atom. The van der Waals surface area contributed by atoms with E-state index in [1.807, 2.05) is 48.4 Å². The topological polar surface area (TPSA) is 59.9 Å². The van der Waals surface area contributed by atoms with Crippen LogP contribution < -0.4 is 9.80 Å². The largest absolute Gasteiger partial charge is 0.387 e. The maximum absolute atomic E-state index is 12.3. The fraction of sp³-hybridized carbons (Fsp3) is 0.478. The molecule has 2 aliphatic heterocycles. The molecule has 1 aromatic heterocycles. The van der Waals surface area contributed by atoms with Crippen molar-refractivity contribution < 1.29 is 9.90 Å². The lowest BCUT2D eigenvalue weighted by molar-refractivity contribution is -0.118. The van der Waals surface area contributed by atoms with Gasteiger partial charge in [0, 0.05) is 57.1 Å². The van der Waals surface area contributed by atoms with Crippen molar-refractivity contribution in [2.24, 2.45) is 0 Å².